The van der Waals surface area contributed by atoms with Gasteiger partial charge in [0.15, 0.2) is 0 Å². The normalized spacial score (nSPS) is 26.8. The van der Waals surface area contributed by atoms with Crippen molar-refractivity contribution < 1.29 is 9.90 Å². The molecule has 0 heterocycles. The molecule has 0 aromatic rings. The van der Waals surface area contributed by atoms with Crippen LogP contribution >= 0.6 is 0 Å². The molecule has 1 fully saturated rings. The van der Waals surface area contributed by atoms with Gasteiger partial charge in [0.05, 0.1) is 6.42 Å². The van der Waals surface area contributed by atoms with Gasteiger partial charge in [0.1, 0.15) is 0 Å². The van der Waals surface area contributed by atoms with Crippen molar-refractivity contribution in [3.05, 3.63) is 0 Å². The molecule has 1 amide bonds. The number of rotatable bonds is 3. The van der Waals surface area contributed by atoms with Crippen molar-refractivity contribution in [2.75, 3.05) is 6.61 Å². The quantitative estimate of drug-likeness (QED) is 0.615. The highest BCUT2D eigenvalue weighted by Crippen LogP contribution is 2.24. The Labute approximate surface area is 78.5 Å². The monoisotopic (exact) mass is 181 g/mol. The fourth-order valence-corrected chi connectivity index (χ4v) is 1.80. The number of aliphatic hydroxyl groups is 1. The second kappa shape index (κ2) is 4.88. The highest BCUT2D eigenvalue weighted by atomic mass is 16.3. The standard InChI is InChI=1S/C10H15NO2/c1-2-4-10(13)11-9-6-3-5-8(9)7-12/h1,8-9,12H,3-7H2,(H,11,13). The molecule has 3 heteroatoms. The SMILES string of the molecule is C#CCC(=O)NC1CCCC1CO. The van der Waals surface area contributed by atoms with E-state index in [-0.39, 0.29) is 30.9 Å². The molecular formula is C10H15NO2. The molecule has 2 N–H and O–H groups in total. The van der Waals surface area contributed by atoms with Gasteiger partial charge in [0.25, 0.3) is 0 Å². The first-order valence-corrected chi connectivity index (χ1v) is 4.61. The van der Waals surface area contributed by atoms with Crippen LogP contribution in [-0.4, -0.2) is 23.7 Å². The minimum absolute atomic E-state index is 0.104. The zero-order valence-electron chi connectivity index (χ0n) is 7.62. The van der Waals surface area contributed by atoms with Crippen molar-refractivity contribution in [3.8, 4) is 12.3 Å². The van der Waals surface area contributed by atoms with Crippen molar-refractivity contribution in [3.63, 3.8) is 0 Å². The number of terminal acetylenes is 1. The minimum Gasteiger partial charge on any atom is -0.396 e. The summed E-state index contributed by atoms with van der Waals surface area (Å²) in [5, 5.41) is 11.8. The zero-order chi connectivity index (χ0) is 9.68. The summed E-state index contributed by atoms with van der Waals surface area (Å²) >= 11 is 0. The summed E-state index contributed by atoms with van der Waals surface area (Å²) < 4.78 is 0. The van der Waals surface area contributed by atoms with Gasteiger partial charge in [-0.15, -0.1) is 6.42 Å². The highest BCUT2D eigenvalue weighted by molar-refractivity contribution is 5.78. The van der Waals surface area contributed by atoms with Crippen LogP contribution < -0.4 is 5.32 Å². The predicted molar refractivity (Wildman–Crippen MR) is 49.8 cm³/mol. The van der Waals surface area contributed by atoms with Gasteiger partial charge in [-0.3, -0.25) is 4.79 Å². The van der Waals surface area contributed by atoms with E-state index in [9.17, 15) is 4.79 Å². The number of hydrogen-bond donors (Lipinski definition) is 2. The van der Waals surface area contributed by atoms with E-state index in [1.165, 1.54) is 0 Å². The zero-order valence-corrected chi connectivity index (χ0v) is 7.62. The third-order valence-electron chi connectivity index (χ3n) is 2.50. The van der Waals surface area contributed by atoms with Crippen molar-refractivity contribution in [2.24, 2.45) is 5.92 Å². The molecule has 1 aliphatic carbocycles. The van der Waals surface area contributed by atoms with Crippen LogP contribution in [0.15, 0.2) is 0 Å². The average molecular weight is 181 g/mol. The van der Waals surface area contributed by atoms with E-state index in [1.54, 1.807) is 0 Å². The molecule has 0 aromatic carbocycles. The molecule has 0 aliphatic heterocycles. The van der Waals surface area contributed by atoms with E-state index in [0.29, 0.717) is 0 Å². The Balaban J connectivity index is 2.35. The summed E-state index contributed by atoms with van der Waals surface area (Å²) in [7, 11) is 0. The summed E-state index contributed by atoms with van der Waals surface area (Å²) in [6.07, 6.45) is 8.18. The lowest BCUT2D eigenvalue weighted by molar-refractivity contribution is -0.121. The van der Waals surface area contributed by atoms with Crippen molar-refractivity contribution in [1.82, 2.24) is 5.32 Å². The summed E-state index contributed by atoms with van der Waals surface area (Å²) in [6.45, 7) is 0.154. The average Bonchev–Trinajstić information content (AvgIpc) is 2.52. The molecule has 3 nitrogen and oxygen atoms in total. The number of carbonyl (C=O) groups excluding carboxylic acids is 1. The molecule has 2 unspecified atom stereocenters. The maximum Gasteiger partial charge on any atom is 0.232 e. The molecule has 1 rings (SSSR count). The Kier molecular flexibility index (Phi) is 3.78. The largest absolute Gasteiger partial charge is 0.396 e. The molecule has 0 spiro atoms. The first-order valence-electron chi connectivity index (χ1n) is 4.61. The topological polar surface area (TPSA) is 49.3 Å². The van der Waals surface area contributed by atoms with Crippen LogP contribution in [0, 0.1) is 18.3 Å². The number of nitrogens with one attached hydrogen (secondary N) is 1. The van der Waals surface area contributed by atoms with E-state index in [4.69, 9.17) is 11.5 Å². The molecule has 0 saturated heterocycles. The van der Waals surface area contributed by atoms with Crippen LogP contribution in [0.5, 0.6) is 0 Å². The molecular weight excluding hydrogens is 166 g/mol. The van der Waals surface area contributed by atoms with Gasteiger partial charge in [0, 0.05) is 18.6 Å². The Morgan fingerprint density at radius 1 is 1.62 bits per heavy atom. The summed E-state index contributed by atoms with van der Waals surface area (Å²) in [5.74, 6) is 2.42. The molecule has 2 atom stereocenters. The lowest BCUT2D eigenvalue weighted by Gasteiger charge is -2.18. The summed E-state index contributed by atoms with van der Waals surface area (Å²) in [5.41, 5.74) is 0. The van der Waals surface area contributed by atoms with Gasteiger partial charge < -0.3 is 10.4 Å². The lowest BCUT2D eigenvalue weighted by Crippen LogP contribution is -2.38. The Morgan fingerprint density at radius 3 is 3.00 bits per heavy atom. The molecule has 1 aliphatic rings. The van der Waals surface area contributed by atoms with Gasteiger partial charge >= 0.3 is 0 Å². The minimum atomic E-state index is -0.104. The Hall–Kier alpha value is -1.01. The predicted octanol–water partition coefficient (Wildman–Crippen LogP) is 0.287. The molecule has 0 bridgehead atoms. The number of hydrogen-bond acceptors (Lipinski definition) is 2. The first kappa shape index (κ1) is 10.1. The van der Waals surface area contributed by atoms with Crippen LogP contribution in [0.4, 0.5) is 0 Å². The van der Waals surface area contributed by atoms with E-state index in [0.717, 1.165) is 19.3 Å². The van der Waals surface area contributed by atoms with Gasteiger partial charge in [-0.05, 0) is 12.8 Å². The molecule has 13 heavy (non-hydrogen) atoms. The van der Waals surface area contributed by atoms with Crippen molar-refractivity contribution in [1.29, 1.82) is 0 Å². The smallest absolute Gasteiger partial charge is 0.232 e. The Morgan fingerprint density at radius 2 is 2.38 bits per heavy atom. The molecule has 72 valence electrons. The number of aliphatic hydroxyl groups excluding tert-OH is 1. The highest BCUT2D eigenvalue weighted by Gasteiger charge is 2.27. The second-order valence-corrected chi connectivity index (χ2v) is 3.43. The van der Waals surface area contributed by atoms with E-state index in [1.807, 2.05) is 0 Å². The van der Waals surface area contributed by atoms with Gasteiger partial charge in [-0.1, -0.05) is 12.3 Å². The van der Waals surface area contributed by atoms with Crippen LogP contribution in [0.3, 0.4) is 0 Å². The fraction of sp³-hybridized carbons (Fsp3) is 0.700. The molecule has 0 aromatic heterocycles. The van der Waals surface area contributed by atoms with Crippen LogP contribution in [0.25, 0.3) is 0 Å². The van der Waals surface area contributed by atoms with Gasteiger partial charge in [-0.25, -0.2) is 0 Å². The third-order valence-corrected chi connectivity index (χ3v) is 2.50. The van der Waals surface area contributed by atoms with Crippen LogP contribution in [-0.2, 0) is 4.79 Å². The lowest BCUT2D eigenvalue weighted by atomic mass is 10.1. The van der Waals surface area contributed by atoms with E-state index in [2.05, 4.69) is 11.2 Å². The maximum absolute atomic E-state index is 11.1. The van der Waals surface area contributed by atoms with E-state index >= 15 is 0 Å². The van der Waals surface area contributed by atoms with Crippen LogP contribution in [0.1, 0.15) is 25.7 Å². The first-order chi connectivity index (χ1) is 6.27. The number of amides is 1. The van der Waals surface area contributed by atoms with Gasteiger partial charge in [-0.2, -0.15) is 0 Å². The van der Waals surface area contributed by atoms with E-state index < -0.39 is 0 Å². The third kappa shape index (κ3) is 2.74. The van der Waals surface area contributed by atoms with Crippen LogP contribution in [0.2, 0.25) is 0 Å². The fourth-order valence-electron chi connectivity index (χ4n) is 1.80. The summed E-state index contributed by atoms with van der Waals surface area (Å²) in [4.78, 5) is 11.1. The van der Waals surface area contributed by atoms with Crippen molar-refractivity contribution in [2.45, 2.75) is 31.7 Å². The second-order valence-electron chi connectivity index (χ2n) is 3.43. The van der Waals surface area contributed by atoms with Crippen molar-refractivity contribution >= 4 is 5.91 Å². The molecule has 1 saturated carbocycles. The molecule has 0 radical (unpaired) electrons. The van der Waals surface area contributed by atoms with Gasteiger partial charge in [0.2, 0.25) is 5.91 Å². The maximum atomic E-state index is 11.1. The summed E-state index contributed by atoms with van der Waals surface area (Å²) in [6, 6.07) is 0.130. The number of carbonyl (C=O) groups is 1. The Bertz CT molecular complexity index is 219.